The molecule has 194 valence electrons. The van der Waals surface area contributed by atoms with E-state index in [4.69, 9.17) is 16.6 Å². The van der Waals surface area contributed by atoms with Crippen LogP contribution in [0.3, 0.4) is 0 Å². The summed E-state index contributed by atoms with van der Waals surface area (Å²) in [5.74, 6) is -0.979. The summed E-state index contributed by atoms with van der Waals surface area (Å²) >= 11 is 7.82. The number of carbonyl (C=O) groups excluding carboxylic acids is 1. The fourth-order valence-electron chi connectivity index (χ4n) is 4.56. The SMILES string of the molecule is CCC(CSC(CCc1ccccc1C#N)c1cccc(CCc2ccc3ccc(Cl)cc3n2)c1)C(=O)[O-].[Na+]. The number of fused-ring (bicyclic) bond motifs is 1. The first-order valence-electron chi connectivity index (χ1n) is 12.9. The smallest absolute Gasteiger partial charge is 0.550 e. The molecule has 2 atom stereocenters. The van der Waals surface area contributed by atoms with Crippen molar-refractivity contribution in [1.82, 2.24) is 4.98 Å². The Kier molecular flexibility index (Phi) is 12.4. The molecule has 4 rings (SSSR count). The molecule has 0 aliphatic carbocycles. The van der Waals surface area contributed by atoms with E-state index in [0.29, 0.717) is 22.8 Å². The van der Waals surface area contributed by atoms with Crippen molar-refractivity contribution < 1.29 is 39.5 Å². The molecule has 0 saturated heterocycles. The molecule has 1 heterocycles. The Morgan fingerprint density at radius 3 is 2.59 bits per heavy atom. The van der Waals surface area contributed by atoms with Crippen molar-refractivity contribution in [3.63, 3.8) is 0 Å². The van der Waals surface area contributed by atoms with Gasteiger partial charge >= 0.3 is 29.6 Å². The molecule has 0 aliphatic heterocycles. The van der Waals surface area contributed by atoms with Crippen LogP contribution in [0.1, 0.15) is 53.0 Å². The molecule has 7 heteroatoms. The minimum atomic E-state index is -0.994. The number of aryl methyl sites for hydroxylation is 3. The molecular formula is C32H30ClN2NaO2S. The quantitative estimate of drug-likeness (QED) is 0.245. The average molecular weight is 565 g/mol. The van der Waals surface area contributed by atoms with Gasteiger partial charge in [0.05, 0.1) is 17.1 Å². The summed E-state index contributed by atoms with van der Waals surface area (Å²) in [6, 6.07) is 28.4. The molecule has 0 amide bonds. The van der Waals surface area contributed by atoms with Crippen LogP contribution in [0.2, 0.25) is 5.02 Å². The largest absolute Gasteiger partial charge is 1.00 e. The maximum Gasteiger partial charge on any atom is 1.00 e. The van der Waals surface area contributed by atoms with E-state index in [1.807, 2.05) is 49.4 Å². The number of carbonyl (C=O) groups is 1. The molecule has 0 radical (unpaired) electrons. The van der Waals surface area contributed by atoms with Crippen molar-refractivity contribution in [3.05, 3.63) is 112 Å². The van der Waals surface area contributed by atoms with Crippen molar-refractivity contribution in [2.75, 3.05) is 5.75 Å². The van der Waals surface area contributed by atoms with Gasteiger partial charge in [-0.3, -0.25) is 4.98 Å². The van der Waals surface area contributed by atoms with Crippen LogP contribution in [0.5, 0.6) is 0 Å². The summed E-state index contributed by atoms with van der Waals surface area (Å²) in [5.41, 5.74) is 6.01. The Hall–Kier alpha value is -2.33. The maximum atomic E-state index is 11.5. The molecule has 4 nitrogen and oxygen atoms in total. The minimum absolute atomic E-state index is 0. The molecule has 39 heavy (non-hydrogen) atoms. The van der Waals surface area contributed by atoms with Crippen molar-refractivity contribution in [2.45, 2.75) is 44.3 Å². The van der Waals surface area contributed by atoms with Crippen LogP contribution in [0.15, 0.2) is 78.9 Å². The fraction of sp³-hybridized carbons (Fsp3) is 0.281. The number of nitrogens with zero attached hydrogens (tertiary/aromatic N) is 2. The first-order chi connectivity index (χ1) is 18.5. The second kappa shape index (κ2) is 15.5. The first-order valence-corrected chi connectivity index (χ1v) is 14.3. The van der Waals surface area contributed by atoms with Gasteiger partial charge in [-0.15, -0.1) is 0 Å². The van der Waals surface area contributed by atoms with Crippen molar-refractivity contribution in [3.8, 4) is 6.07 Å². The molecule has 2 unspecified atom stereocenters. The molecule has 0 N–H and O–H groups in total. The van der Waals surface area contributed by atoms with Crippen LogP contribution in [-0.4, -0.2) is 16.7 Å². The van der Waals surface area contributed by atoms with Gasteiger partial charge in [0, 0.05) is 39.0 Å². The summed E-state index contributed by atoms with van der Waals surface area (Å²) in [6.45, 7) is 1.88. The number of nitriles is 1. The summed E-state index contributed by atoms with van der Waals surface area (Å²) in [6.07, 6.45) is 3.75. The monoisotopic (exact) mass is 564 g/mol. The second-order valence-electron chi connectivity index (χ2n) is 9.44. The van der Waals surface area contributed by atoms with Gasteiger partial charge in [-0.25, -0.2) is 0 Å². The van der Waals surface area contributed by atoms with Gasteiger partial charge < -0.3 is 9.90 Å². The number of halogens is 1. The zero-order valence-electron chi connectivity index (χ0n) is 22.4. The predicted molar refractivity (Wildman–Crippen MR) is 154 cm³/mol. The van der Waals surface area contributed by atoms with Crippen LogP contribution in [0.25, 0.3) is 10.9 Å². The molecule has 0 fully saturated rings. The van der Waals surface area contributed by atoms with E-state index < -0.39 is 11.9 Å². The van der Waals surface area contributed by atoms with Crippen molar-refractivity contribution >= 4 is 40.2 Å². The summed E-state index contributed by atoms with van der Waals surface area (Å²) in [4.78, 5) is 16.3. The minimum Gasteiger partial charge on any atom is -0.550 e. The Balaban J connectivity index is 0.00000420. The average Bonchev–Trinajstić information content (AvgIpc) is 2.93. The van der Waals surface area contributed by atoms with Crippen LogP contribution in [0, 0.1) is 17.2 Å². The number of aliphatic carboxylic acids is 1. The van der Waals surface area contributed by atoms with Gasteiger partial charge in [0.1, 0.15) is 0 Å². The third-order valence-corrected chi connectivity index (χ3v) is 8.58. The van der Waals surface area contributed by atoms with Crippen LogP contribution >= 0.6 is 23.4 Å². The Bertz CT molecular complexity index is 1460. The number of benzene rings is 3. The van der Waals surface area contributed by atoms with Gasteiger partial charge in [-0.05, 0) is 73.1 Å². The third kappa shape index (κ3) is 8.83. The predicted octanol–water partition coefficient (Wildman–Crippen LogP) is 3.73. The number of rotatable bonds is 12. The zero-order valence-corrected chi connectivity index (χ0v) is 26.0. The van der Waals surface area contributed by atoms with E-state index in [0.717, 1.165) is 47.8 Å². The number of hydrogen-bond donors (Lipinski definition) is 0. The van der Waals surface area contributed by atoms with Gasteiger partial charge in [-0.1, -0.05) is 73.1 Å². The summed E-state index contributed by atoms with van der Waals surface area (Å²) < 4.78 is 0. The second-order valence-corrected chi connectivity index (χ2v) is 11.1. The van der Waals surface area contributed by atoms with Crippen molar-refractivity contribution in [1.29, 1.82) is 5.26 Å². The van der Waals surface area contributed by atoms with Gasteiger partial charge in [0.15, 0.2) is 0 Å². The topological polar surface area (TPSA) is 76.8 Å². The molecule has 4 aromatic rings. The number of hydrogen-bond acceptors (Lipinski definition) is 5. The summed E-state index contributed by atoms with van der Waals surface area (Å²) in [5, 5.41) is 22.9. The van der Waals surface area contributed by atoms with E-state index in [9.17, 15) is 15.2 Å². The van der Waals surface area contributed by atoms with Gasteiger partial charge in [0.2, 0.25) is 0 Å². The third-order valence-electron chi connectivity index (χ3n) is 6.84. The standard InChI is InChI=1S/C32H31ClN2O2S.Na/c1-2-23(32(36)37)21-38-31(17-13-24-7-3-4-8-27(24)20-34)26-9-5-6-22(18-26)10-15-29-16-12-25-11-14-28(33)19-30(25)35-29;/h3-9,11-12,14,16,18-19,23,31H,2,10,13,15,17,21H2,1H3,(H,36,37);/q;+1/p-1. The van der Waals surface area contributed by atoms with E-state index in [1.165, 1.54) is 11.1 Å². The molecule has 3 aromatic carbocycles. The zero-order chi connectivity index (χ0) is 26.9. The first kappa shape index (κ1) is 31.2. The van der Waals surface area contributed by atoms with E-state index in [-0.39, 0.29) is 34.8 Å². The number of carboxylic acids is 1. The number of carboxylic acid groups (broad SMARTS) is 1. The van der Waals surface area contributed by atoms with E-state index in [1.54, 1.807) is 11.8 Å². The Labute approximate surface area is 262 Å². The molecule has 0 saturated carbocycles. The van der Waals surface area contributed by atoms with Crippen LogP contribution in [-0.2, 0) is 24.1 Å². The molecule has 0 spiro atoms. The maximum absolute atomic E-state index is 11.5. The molecular weight excluding hydrogens is 535 g/mol. The molecule has 1 aromatic heterocycles. The molecule has 0 aliphatic rings. The van der Waals surface area contributed by atoms with Crippen LogP contribution in [0.4, 0.5) is 0 Å². The van der Waals surface area contributed by atoms with Crippen molar-refractivity contribution in [2.24, 2.45) is 5.92 Å². The van der Waals surface area contributed by atoms with Crippen LogP contribution < -0.4 is 34.7 Å². The number of pyridine rings is 1. The normalized spacial score (nSPS) is 12.3. The fourth-order valence-corrected chi connectivity index (χ4v) is 6.18. The van der Waals surface area contributed by atoms with E-state index in [2.05, 4.69) is 42.5 Å². The number of thioether (sulfide) groups is 1. The van der Waals surface area contributed by atoms with E-state index >= 15 is 0 Å². The summed E-state index contributed by atoms with van der Waals surface area (Å²) in [7, 11) is 0. The number of aromatic nitrogens is 1. The van der Waals surface area contributed by atoms with Gasteiger partial charge in [-0.2, -0.15) is 17.0 Å². The Morgan fingerprint density at radius 2 is 1.82 bits per heavy atom. The van der Waals surface area contributed by atoms with Gasteiger partial charge in [0.25, 0.3) is 0 Å². The Morgan fingerprint density at radius 1 is 1.03 bits per heavy atom. The molecule has 0 bridgehead atoms.